The molecule has 0 aromatic carbocycles. The maximum absolute atomic E-state index is 13.2. The zero-order valence-corrected chi connectivity index (χ0v) is 15.3. The molecule has 3 aromatic heterocycles. The Morgan fingerprint density at radius 1 is 1.26 bits per heavy atom. The fraction of sp³-hybridized carbons (Fsp3) is 0.368. The Hall–Kier alpha value is -3.16. The molecule has 1 unspecified atom stereocenters. The minimum atomic E-state index is -0.991. The van der Waals surface area contributed by atoms with Gasteiger partial charge < -0.3 is 18.9 Å². The van der Waals surface area contributed by atoms with Crippen molar-refractivity contribution in [2.45, 2.75) is 39.7 Å². The van der Waals surface area contributed by atoms with Crippen molar-refractivity contribution >= 4 is 23.0 Å². The van der Waals surface area contributed by atoms with E-state index < -0.39 is 12.0 Å². The summed E-state index contributed by atoms with van der Waals surface area (Å²) in [5, 5.41) is 13.9. The molecule has 3 aromatic rings. The Morgan fingerprint density at radius 3 is 2.70 bits per heavy atom. The molecule has 1 fully saturated rings. The summed E-state index contributed by atoms with van der Waals surface area (Å²) in [5.41, 5.74) is 2.42. The molecule has 1 aliphatic heterocycles. The van der Waals surface area contributed by atoms with Crippen molar-refractivity contribution in [1.29, 1.82) is 0 Å². The standard InChI is InChI=1S/C19H19N3O5/c1-9-7-12(11(3)26-9)14-8-13(16-10(2)21-27-17(16)20-14)18(23)22-6-4-5-15(22)19(24)25/h7-8,15H,4-6H2,1-3H3,(H,24,25). The molecule has 0 aliphatic carbocycles. The molecule has 8 nitrogen and oxygen atoms in total. The molecule has 4 rings (SSSR count). The minimum absolute atomic E-state index is 0.248. The van der Waals surface area contributed by atoms with Gasteiger partial charge in [-0.15, -0.1) is 0 Å². The molecule has 0 saturated carbocycles. The molecular formula is C19H19N3O5. The van der Waals surface area contributed by atoms with Crippen molar-refractivity contribution in [2.24, 2.45) is 0 Å². The number of pyridine rings is 1. The second-order valence-electron chi connectivity index (χ2n) is 6.82. The highest BCUT2D eigenvalue weighted by molar-refractivity contribution is 6.08. The molecule has 1 atom stereocenters. The van der Waals surface area contributed by atoms with E-state index in [4.69, 9.17) is 8.94 Å². The van der Waals surface area contributed by atoms with Crippen LogP contribution in [0.5, 0.6) is 0 Å². The van der Waals surface area contributed by atoms with Crippen LogP contribution in [0.25, 0.3) is 22.4 Å². The van der Waals surface area contributed by atoms with Gasteiger partial charge in [-0.25, -0.2) is 9.78 Å². The predicted octanol–water partition coefficient (Wildman–Crippen LogP) is 3.10. The summed E-state index contributed by atoms with van der Waals surface area (Å²) in [6, 6.07) is 2.70. The number of hydrogen-bond donors (Lipinski definition) is 1. The number of carbonyl (C=O) groups excluding carboxylic acids is 1. The highest BCUT2D eigenvalue weighted by atomic mass is 16.5. The number of rotatable bonds is 3. The molecule has 8 heteroatoms. The normalized spacial score (nSPS) is 17.0. The van der Waals surface area contributed by atoms with E-state index in [2.05, 4.69) is 10.1 Å². The van der Waals surface area contributed by atoms with Gasteiger partial charge in [0.25, 0.3) is 11.6 Å². The lowest BCUT2D eigenvalue weighted by molar-refractivity contribution is -0.141. The van der Waals surface area contributed by atoms with E-state index in [0.717, 1.165) is 11.3 Å². The van der Waals surface area contributed by atoms with Crippen LogP contribution in [0.4, 0.5) is 0 Å². The molecular weight excluding hydrogens is 350 g/mol. The molecule has 140 valence electrons. The van der Waals surface area contributed by atoms with Crippen LogP contribution in [0.3, 0.4) is 0 Å². The molecule has 1 saturated heterocycles. The molecule has 1 N–H and O–H groups in total. The van der Waals surface area contributed by atoms with Crippen LogP contribution in [0, 0.1) is 20.8 Å². The third kappa shape index (κ3) is 2.77. The largest absolute Gasteiger partial charge is 0.480 e. The summed E-state index contributed by atoms with van der Waals surface area (Å²) >= 11 is 0. The summed E-state index contributed by atoms with van der Waals surface area (Å²) in [7, 11) is 0. The SMILES string of the molecule is Cc1cc(-c2cc(C(=O)N3CCCC3C(=O)O)c3c(C)noc3n2)c(C)o1. The topological polar surface area (TPSA) is 110 Å². The quantitative estimate of drug-likeness (QED) is 0.755. The monoisotopic (exact) mass is 369 g/mol. The Bertz CT molecular complexity index is 1060. The smallest absolute Gasteiger partial charge is 0.326 e. The van der Waals surface area contributed by atoms with Gasteiger partial charge in [0.1, 0.15) is 17.6 Å². The zero-order valence-electron chi connectivity index (χ0n) is 15.3. The summed E-state index contributed by atoms with van der Waals surface area (Å²) in [4.78, 5) is 30.6. The highest BCUT2D eigenvalue weighted by Gasteiger charge is 2.36. The van der Waals surface area contributed by atoms with Gasteiger partial charge in [-0.05, 0) is 45.7 Å². The molecule has 0 bridgehead atoms. The van der Waals surface area contributed by atoms with Crippen molar-refractivity contribution in [3.05, 3.63) is 34.9 Å². The van der Waals surface area contributed by atoms with Crippen LogP contribution < -0.4 is 0 Å². The Kier molecular flexibility index (Phi) is 3.98. The molecule has 0 spiro atoms. The van der Waals surface area contributed by atoms with Gasteiger partial charge in [-0.3, -0.25) is 4.79 Å². The zero-order chi connectivity index (χ0) is 19.3. The highest BCUT2D eigenvalue weighted by Crippen LogP contribution is 2.32. The number of aromatic nitrogens is 2. The second kappa shape index (κ2) is 6.22. The number of aryl methyl sites for hydroxylation is 3. The average Bonchev–Trinajstić information content (AvgIpc) is 3.32. The van der Waals surface area contributed by atoms with E-state index >= 15 is 0 Å². The lowest BCUT2D eigenvalue weighted by atomic mass is 10.0. The summed E-state index contributed by atoms with van der Waals surface area (Å²) in [6.07, 6.45) is 1.11. The maximum Gasteiger partial charge on any atom is 0.326 e. The van der Waals surface area contributed by atoms with E-state index in [0.29, 0.717) is 47.5 Å². The summed E-state index contributed by atoms with van der Waals surface area (Å²) < 4.78 is 10.9. The molecule has 4 heterocycles. The van der Waals surface area contributed by atoms with E-state index in [-0.39, 0.29) is 11.6 Å². The number of carboxylic acid groups (broad SMARTS) is 1. The van der Waals surface area contributed by atoms with Gasteiger partial charge in [-0.1, -0.05) is 5.16 Å². The van der Waals surface area contributed by atoms with E-state index in [1.807, 2.05) is 19.9 Å². The van der Waals surface area contributed by atoms with Gasteiger partial charge in [0.05, 0.1) is 22.3 Å². The number of amides is 1. The number of likely N-dealkylation sites (tertiary alicyclic amines) is 1. The Morgan fingerprint density at radius 2 is 2.04 bits per heavy atom. The molecule has 27 heavy (non-hydrogen) atoms. The Balaban J connectivity index is 1.88. The van der Waals surface area contributed by atoms with Crippen molar-refractivity contribution < 1.29 is 23.6 Å². The van der Waals surface area contributed by atoms with Gasteiger partial charge in [0.2, 0.25) is 0 Å². The number of carboxylic acids is 1. The third-order valence-corrected chi connectivity index (χ3v) is 4.96. The van der Waals surface area contributed by atoms with Gasteiger partial charge >= 0.3 is 5.97 Å². The van der Waals surface area contributed by atoms with Gasteiger partial charge in [0.15, 0.2) is 0 Å². The number of fused-ring (bicyclic) bond motifs is 1. The first-order chi connectivity index (χ1) is 12.9. The van der Waals surface area contributed by atoms with Crippen molar-refractivity contribution in [3.63, 3.8) is 0 Å². The van der Waals surface area contributed by atoms with E-state index in [9.17, 15) is 14.7 Å². The van der Waals surface area contributed by atoms with Crippen LogP contribution >= 0.6 is 0 Å². The van der Waals surface area contributed by atoms with E-state index in [1.54, 1.807) is 13.0 Å². The molecule has 0 radical (unpaired) electrons. The summed E-state index contributed by atoms with van der Waals surface area (Å²) in [5.74, 6) is 0.0718. The lowest BCUT2D eigenvalue weighted by Gasteiger charge is -2.22. The fourth-order valence-electron chi connectivity index (χ4n) is 3.71. The number of carbonyl (C=O) groups is 2. The number of aliphatic carboxylic acids is 1. The van der Waals surface area contributed by atoms with Crippen LogP contribution in [0.1, 0.15) is 40.4 Å². The molecule has 1 aliphatic rings. The van der Waals surface area contributed by atoms with Crippen LogP contribution in [0.15, 0.2) is 21.1 Å². The minimum Gasteiger partial charge on any atom is -0.480 e. The number of nitrogens with zero attached hydrogens (tertiary/aromatic N) is 3. The first kappa shape index (κ1) is 17.3. The Labute approximate surface area is 154 Å². The second-order valence-corrected chi connectivity index (χ2v) is 6.82. The van der Waals surface area contributed by atoms with Gasteiger partial charge in [-0.2, -0.15) is 0 Å². The lowest BCUT2D eigenvalue weighted by Crippen LogP contribution is -2.40. The maximum atomic E-state index is 13.2. The number of hydrogen-bond acceptors (Lipinski definition) is 6. The van der Waals surface area contributed by atoms with Crippen LogP contribution in [-0.4, -0.2) is 44.6 Å². The van der Waals surface area contributed by atoms with Crippen molar-refractivity contribution in [2.75, 3.05) is 6.54 Å². The fourth-order valence-corrected chi connectivity index (χ4v) is 3.71. The predicted molar refractivity (Wildman–Crippen MR) is 95.4 cm³/mol. The van der Waals surface area contributed by atoms with E-state index in [1.165, 1.54) is 4.90 Å². The average molecular weight is 369 g/mol. The first-order valence-electron chi connectivity index (χ1n) is 8.75. The van der Waals surface area contributed by atoms with Crippen LogP contribution in [0.2, 0.25) is 0 Å². The third-order valence-electron chi connectivity index (χ3n) is 4.96. The van der Waals surface area contributed by atoms with Crippen LogP contribution in [-0.2, 0) is 4.79 Å². The van der Waals surface area contributed by atoms with Crippen molar-refractivity contribution in [3.8, 4) is 11.3 Å². The first-order valence-corrected chi connectivity index (χ1v) is 8.75. The van der Waals surface area contributed by atoms with Gasteiger partial charge in [0, 0.05) is 12.1 Å². The van der Waals surface area contributed by atoms with Crippen molar-refractivity contribution in [1.82, 2.24) is 15.0 Å². The number of furan rings is 1. The summed E-state index contributed by atoms with van der Waals surface area (Å²) in [6.45, 7) is 5.79. The molecule has 1 amide bonds.